The Morgan fingerprint density at radius 3 is 2.20 bits per heavy atom. The summed E-state index contributed by atoms with van der Waals surface area (Å²) in [7, 11) is 0. The predicted molar refractivity (Wildman–Crippen MR) is 220 cm³/mol. The topological polar surface area (TPSA) is 42.8 Å². The van der Waals surface area contributed by atoms with Crippen molar-refractivity contribution in [2.24, 2.45) is 9.98 Å². The van der Waals surface area contributed by atoms with Gasteiger partial charge in [0.2, 0.25) is 0 Å². The lowest BCUT2D eigenvalue weighted by Gasteiger charge is -2.11. The van der Waals surface area contributed by atoms with Crippen molar-refractivity contribution in [1.29, 1.82) is 0 Å². The van der Waals surface area contributed by atoms with Gasteiger partial charge in [-0.15, -0.1) is 11.3 Å². The fraction of sp³-hybridized carbons (Fsp3) is 0.0222. The molecule has 3 aromatic heterocycles. The third-order valence-corrected chi connectivity index (χ3v) is 12.5. The minimum atomic E-state index is 0.449. The van der Waals surface area contributed by atoms with E-state index in [1.54, 1.807) is 11.8 Å². The van der Waals surface area contributed by atoms with E-state index in [-0.39, 0.29) is 0 Å². The summed E-state index contributed by atoms with van der Waals surface area (Å²) < 4.78 is 11.5. The van der Waals surface area contributed by atoms with Gasteiger partial charge >= 0.3 is 0 Å². The van der Waals surface area contributed by atoms with Gasteiger partial charge in [-0.05, 0) is 47.8 Å². The Balaban J connectivity index is 1.18. The van der Waals surface area contributed by atoms with Gasteiger partial charge in [-0.25, -0.2) is 0 Å². The van der Waals surface area contributed by atoms with Crippen LogP contribution < -0.4 is 0 Å². The number of rotatable bonds is 4. The number of hydrogen-bond donors (Lipinski definition) is 0. The summed E-state index contributed by atoms with van der Waals surface area (Å²) in [6.07, 6.45) is 0. The van der Waals surface area contributed by atoms with Crippen LogP contribution in [0, 0.1) is 0 Å². The molecule has 0 atom stereocenters. The van der Waals surface area contributed by atoms with Gasteiger partial charge in [0.15, 0.2) is 0 Å². The Kier molecular flexibility index (Phi) is 6.24. The zero-order chi connectivity index (χ0) is 33.6. The second-order valence-electron chi connectivity index (χ2n) is 12.9. The minimum Gasteiger partial charge on any atom is -0.455 e. The zero-order valence-corrected chi connectivity index (χ0v) is 28.9. The van der Waals surface area contributed by atoms with Crippen LogP contribution in [0.2, 0.25) is 0 Å². The molecule has 0 saturated carbocycles. The molecule has 0 radical (unpaired) electrons. The second-order valence-corrected chi connectivity index (χ2v) is 15.0. The van der Waals surface area contributed by atoms with E-state index in [1.165, 1.54) is 52.8 Å². The normalized spacial score (nSPS) is 15.0. The predicted octanol–water partition coefficient (Wildman–Crippen LogP) is 12.9. The number of aliphatic imine (C=N–C) groups is 2. The molecule has 0 aliphatic carbocycles. The highest BCUT2D eigenvalue weighted by Gasteiger charge is 2.29. The number of aromatic nitrogens is 1. The van der Waals surface area contributed by atoms with E-state index in [2.05, 4.69) is 133 Å². The van der Waals surface area contributed by atoms with E-state index < -0.39 is 0 Å². The van der Waals surface area contributed by atoms with Gasteiger partial charge in [-0.1, -0.05) is 121 Å². The van der Waals surface area contributed by atoms with Crippen LogP contribution in [0.3, 0.4) is 0 Å². The quantitative estimate of drug-likeness (QED) is 0.173. The molecular weight excluding hydrogens is 663 g/mol. The van der Waals surface area contributed by atoms with Gasteiger partial charge in [0.1, 0.15) is 22.9 Å². The molecule has 1 aliphatic rings. The molecule has 1 aliphatic heterocycles. The third kappa shape index (κ3) is 4.09. The van der Waals surface area contributed by atoms with E-state index in [0.717, 1.165) is 54.3 Å². The standard InChI is InChI=1S/C45H27N3OS2/c1-46-41(33-20-12-19-29-26-13-5-9-22-35(26)49-43(29)33)40-32-18-7-11-24-37(32)51-45(40)47-25-48-34-21-8-4-16-30(34)38-27-14-2-3-15-28(27)39-31-17-6-10-23-36(31)50-44(39)42(38)48/h2-24H,1,25H2/b41-40-,47-45+. The van der Waals surface area contributed by atoms with Gasteiger partial charge < -0.3 is 8.98 Å². The molecule has 0 saturated heterocycles. The van der Waals surface area contributed by atoms with Crippen LogP contribution in [-0.2, 0) is 6.67 Å². The fourth-order valence-electron chi connectivity index (χ4n) is 8.10. The molecule has 4 nitrogen and oxygen atoms in total. The number of hydrogen-bond acceptors (Lipinski definition) is 5. The molecule has 10 aromatic rings. The monoisotopic (exact) mass is 689 g/mol. The van der Waals surface area contributed by atoms with E-state index in [0.29, 0.717) is 6.67 Å². The molecule has 0 unspecified atom stereocenters. The number of fused-ring (bicyclic) bond motifs is 14. The first-order valence-electron chi connectivity index (χ1n) is 16.9. The van der Waals surface area contributed by atoms with Gasteiger partial charge in [0.05, 0.1) is 21.4 Å². The maximum absolute atomic E-state index is 6.49. The summed E-state index contributed by atoms with van der Waals surface area (Å²) >= 11 is 3.57. The van der Waals surface area contributed by atoms with Crippen LogP contribution in [0.4, 0.5) is 0 Å². The van der Waals surface area contributed by atoms with Gasteiger partial charge in [-0.3, -0.25) is 9.98 Å². The highest BCUT2D eigenvalue weighted by atomic mass is 32.2. The molecule has 7 aromatic carbocycles. The van der Waals surface area contributed by atoms with Crippen molar-refractivity contribution < 1.29 is 4.42 Å². The lowest BCUT2D eigenvalue weighted by Crippen LogP contribution is -2.01. The van der Waals surface area contributed by atoms with Gasteiger partial charge in [0.25, 0.3) is 0 Å². The van der Waals surface area contributed by atoms with E-state index in [1.807, 2.05) is 29.5 Å². The SMILES string of the molecule is C=N/C(=C1\C(=N/Cn2c3ccccc3c3c4ccccc4c4c5ccccc5sc4c32)Sc2ccccc21)c1cccc2c1oc1ccccc12. The summed E-state index contributed by atoms with van der Waals surface area (Å²) in [4.78, 5) is 11.4. The van der Waals surface area contributed by atoms with Crippen LogP contribution in [0.1, 0.15) is 11.1 Å². The summed E-state index contributed by atoms with van der Waals surface area (Å²) in [5, 5.41) is 10.8. The molecule has 240 valence electrons. The average Bonchev–Trinajstić information content (AvgIpc) is 3.94. The van der Waals surface area contributed by atoms with Gasteiger partial charge in [0, 0.05) is 58.6 Å². The Morgan fingerprint density at radius 2 is 1.33 bits per heavy atom. The molecule has 11 rings (SSSR count). The largest absolute Gasteiger partial charge is 0.455 e. The van der Waals surface area contributed by atoms with Crippen molar-refractivity contribution in [3.63, 3.8) is 0 Å². The summed E-state index contributed by atoms with van der Waals surface area (Å²) in [5.74, 6) is 0. The Bertz CT molecular complexity index is 3170. The summed E-state index contributed by atoms with van der Waals surface area (Å²) in [6.45, 7) is 4.56. The molecular formula is C45H27N3OS2. The lowest BCUT2D eigenvalue weighted by molar-refractivity contribution is 0.667. The van der Waals surface area contributed by atoms with Crippen LogP contribution in [0.5, 0.6) is 0 Å². The lowest BCUT2D eigenvalue weighted by atomic mass is 9.99. The Hall–Kier alpha value is -5.95. The molecule has 0 N–H and O–H groups in total. The smallest absolute Gasteiger partial charge is 0.144 e. The van der Waals surface area contributed by atoms with Crippen LogP contribution in [0.25, 0.3) is 86.0 Å². The van der Waals surface area contributed by atoms with Crippen molar-refractivity contribution in [1.82, 2.24) is 4.57 Å². The van der Waals surface area contributed by atoms with E-state index >= 15 is 0 Å². The number of furan rings is 1. The molecule has 0 spiro atoms. The molecule has 6 heteroatoms. The molecule has 4 heterocycles. The van der Waals surface area contributed by atoms with Crippen LogP contribution in [-0.4, -0.2) is 16.3 Å². The number of nitrogens with zero attached hydrogens (tertiary/aromatic N) is 3. The van der Waals surface area contributed by atoms with Crippen LogP contribution in [0.15, 0.2) is 159 Å². The summed E-state index contributed by atoms with van der Waals surface area (Å²) in [6, 6.07) is 49.4. The molecule has 0 fully saturated rings. The molecule has 51 heavy (non-hydrogen) atoms. The van der Waals surface area contributed by atoms with E-state index in [9.17, 15) is 0 Å². The number of para-hydroxylation sites is 3. The Morgan fingerprint density at radius 1 is 0.647 bits per heavy atom. The summed E-state index contributed by atoms with van der Waals surface area (Å²) in [5.41, 5.74) is 7.85. The highest BCUT2D eigenvalue weighted by molar-refractivity contribution is 8.15. The number of thiophene rings is 1. The minimum absolute atomic E-state index is 0.449. The fourth-order valence-corrected chi connectivity index (χ4v) is 10.4. The maximum Gasteiger partial charge on any atom is 0.144 e. The number of benzene rings is 7. The van der Waals surface area contributed by atoms with Crippen molar-refractivity contribution in [3.05, 3.63) is 151 Å². The average molecular weight is 690 g/mol. The van der Waals surface area contributed by atoms with Crippen molar-refractivity contribution in [3.8, 4) is 0 Å². The van der Waals surface area contributed by atoms with E-state index in [4.69, 9.17) is 14.4 Å². The Labute approximate surface area is 300 Å². The second kappa shape index (κ2) is 11.0. The first-order valence-corrected chi connectivity index (χ1v) is 18.6. The number of thioether (sulfide) groups is 1. The maximum atomic E-state index is 6.49. The van der Waals surface area contributed by atoms with Crippen LogP contribution >= 0.6 is 23.1 Å². The third-order valence-electron chi connectivity index (χ3n) is 10.2. The first-order chi connectivity index (χ1) is 25.3. The highest BCUT2D eigenvalue weighted by Crippen LogP contribution is 2.49. The van der Waals surface area contributed by atoms with Crippen molar-refractivity contribution in [2.45, 2.75) is 11.6 Å². The molecule has 0 bridgehead atoms. The van der Waals surface area contributed by atoms with Crippen molar-refractivity contribution >= 4 is 121 Å². The molecule has 0 amide bonds. The zero-order valence-electron chi connectivity index (χ0n) is 27.3. The van der Waals surface area contributed by atoms with Gasteiger partial charge in [-0.2, -0.15) is 0 Å². The van der Waals surface area contributed by atoms with Crippen molar-refractivity contribution in [2.75, 3.05) is 0 Å². The first kappa shape index (κ1) is 28.8.